The lowest BCUT2D eigenvalue weighted by molar-refractivity contribution is -0.130. The lowest BCUT2D eigenvalue weighted by atomic mass is 9.85. The zero-order chi connectivity index (χ0) is 24.9. The summed E-state index contributed by atoms with van der Waals surface area (Å²) in [5, 5.41) is 6.41. The molecule has 2 aliphatic rings. The van der Waals surface area contributed by atoms with E-state index in [-0.39, 0.29) is 35.9 Å². The molecule has 188 valence electrons. The number of nitrogens with one attached hydrogen (secondary N) is 2. The second-order valence-corrected chi connectivity index (χ2v) is 10.6. The van der Waals surface area contributed by atoms with Gasteiger partial charge in [-0.3, -0.25) is 14.5 Å². The van der Waals surface area contributed by atoms with Crippen LogP contribution in [0.25, 0.3) is 0 Å². The third-order valence-electron chi connectivity index (χ3n) is 6.73. The van der Waals surface area contributed by atoms with Gasteiger partial charge >= 0.3 is 6.09 Å². The molecule has 2 fully saturated rings. The van der Waals surface area contributed by atoms with Gasteiger partial charge in [0.1, 0.15) is 6.61 Å². The van der Waals surface area contributed by atoms with Gasteiger partial charge in [-0.25, -0.2) is 4.79 Å². The number of fused-ring (bicyclic) bond motifs is 1. The summed E-state index contributed by atoms with van der Waals surface area (Å²) in [6, 6.07) is 9.65. The SMILES string of the molecule is CC(=O)[C@H](CCN1CN(C(C)=O)[C@@H]2C[C@H](NC(C)(C)C)CCC21)NC(=O)OCc1ccccc1. The first-order valence-electron chi connectivity index (χ1n) is 12.3. The van der Waals surface area contributed by atoms with Crippen LogP contribution in [-0.2, 0) is 20.9 Å². The summed E-state index contributed by atoms with van der Waals surface area (Å²) in [6.45, 7) is 11.0. The molecule has 8 nitrogen and oxygen atoms in total. The van der Waals surface area contributed by atoms with E-state index in [1.165, 1.54) is 6.92 Å². The third kappa shape index (κ3) is 7.27. The molecule has 0 aromatic heterocycles. The first kappa shape index (κ1) is 26.2. The van der Waals surface area contributed by atoms with E-state index in [9.17, 15) is 14.4 Å². The van der Waals surface area contributed by atoms with E-state index in [4.69, 9.17) is 4.74 Å². The molecular weight excluding hydrogens is 432 g/mol. The predicted molar refractivity (Wildman–Crippen MR) is 131 cm³/mol. The summed E-state index contributed by atoms with van der Waals surface area (Å²) >= 11 is 0. The van der Waals surface area contributed by atoms with Gasteiger partial charge < -0.3 is 20.3 Å². The monoisotopic (exact) mass is 472 g/mol. The van der Waals surface area contributed by atoms with Crippen LogP contribution in [0.4, 0.5) is 4.79 Å². The lowest BCUT2D eigenvalue weighted by Gasteiger charge is -2.39. The molecule has 0 radical (unpaired) electrons. The van der Waals surface area contributed by atoms with E-state index in [0.717, 1.165) is 24.8 Å². The predicted octanol–water partition coefficient (Wildman–Crippen LogP) is 3.06. The van der Waals surface area contributed by atoms with Gasteiger partial charge in [-0.1, -0.05) is 30.3 Å². The van der Waals surface area contributed by atoms with Crippen LogP contribution in [0.3, 0.4) is 0 Å². The van der Waals surface area contributed by atoms with Crippen LogP contribution >= 0.6 is 0 Å². The Labute approximate surface area is 203 Å². The first-order chi connectivity index (χ1) is 16.0. The van der Waals surface area contributed by atoms with E-state index in [1.807, 2.05) is 35.2 Å². The molecule has 3 rings (SSSR count). The number of carbonyl (C=O) groups excluding carboxylic acids is 3. The van der Waals surface area contributed by atoms with Crippen molar-refractivity contribution in [3.8, 4) is 0 Å². The van der Waals surface area contributed by atoms with Gasteiger partial charge in [0.2, 0.25) is 5.91 Å². The molecule has 2 amide bonds. The highest BCUT2D eigenvalue weighted by molar-refractivity contribution is 5.85. The Morgan fingerprint density at radius 2 is 1.79 bits per heavy atom. The van der Waals surface area contributed by atoms with Crippen LogP contribution in [0.5, 0.6) is 0 Å². The summed E-state index contributed by atoms with van der Waals surface area (Å²) in [6.07, 6.45) is 2.87. The molecule has 1 saturated carbocycles. The Kier molecular flexibility index (Phi) is 8.71. The number of nitrogens with zero attached hydrogens (tertiary/aromatic N) is 2. The number of ketones is 1. The van der Waals surface area contributed by atoms with Gasteiger partial charge in [-0.15, -0.1) is 0 Å². The molecular formula is C26H40N4O4. The zero-order valence-corrected chi connectivity index (χ0v) is 21.2. The maximum atomic E-state index is 12.4. The maximum Gasteiger partial charge on any atom is 0.408 e. The second-order valence-electron chi connectivity index (χ2n) is 10.6. The fraction of sp³-hybridized carbons (Fsp3) is 0.654. The number of benzene rings is 1. The molecule has 1 unspecified atom stereocenters. The van der Waals surface area contributed by atoms with Gasteiger partial charge in [0.05, 0.1) is 18.8 Å². The Morgan fingerprint density at radius 1 is 1.09 bits per heavy atom. The van der Waals surface area contributed by atoms with Crippen molar-refractivity contribution in [2.24, 2.45) is 0 Å². The van der Waals surface area contributed by atoms with Gasteiger partial charge in [-0.05, 0) is 58.9 Å². The second kappa shape index (κ2) is 11.3. The molecule has 0 spiro atoms. The minimum atomic E-state index is -0.619. The molecule has 2 N–H and O–H groups in total. The molecule has 1 aliphatic heterocycles. The molecule has 4 atom stereocenters. The number of ether oxygens (including phenoxy) is 1. The smallest absolute Gasteiger partial charge is 0.408 e. The van der Waals surface area contributed by atoms with Gasteiger partial charge in [0, 0.05) is 31.1 Å². The van der Waals surface area contributed by atoms with E-state index in [1.54, 1.807) is 6.92 Å². The lowest BCUT2D eigenvalue weighted by Crippen LogP contribution is -2.53. The fourth-order valence-electron chi connectivity index (χ4n) is 5.19. The molecule has 1 heterocycles. The number of carbonyl (C=O) groups is 3. The van der Waals surface area contributed by atoms with Crippen molar-refractivity contribution >= 4 is 17.8 Å². The Hall–Kier alpha value is -2.45. The maximum absolute atomic E-state index is 12.4. The molecule has 1 aromatic carbocycles. The van der Waals surface area contributed by atoms with Gasteiger partial charge in [0.15, 0.2) is 5.78 Å². The van der Waals surface area contributed by atoms with Crippen molar-refractivity contribution in [1.82, 2.24) is 20.4 Å². The van der Waals surface area contributed by atoms with Crippen LogP contribution < -0.4 is 10.6 Å². The highest BCUT2D eigenvalue weighted by Gasteiger charge is 2.45. The van der Waals surface area contributed by atoms with Crippen LogP contribution in [0.2, 0.25) is 0 Å². The minimum absolute atomic E-state index is 0.0341. The molecule has 1 aliphatic carbocycles. The van der Waals surface area contributed by atoms with Gasteiger partial charge in [0.25, 0.3) is 0 Å². The molecule has 0 bridgehead atoms. The number of rotatable bonds is 8. The van der Waals surface area contributed by atoms with Gasteiger partial charge in [-0.2, -0.15) is 0 Å². The van der Waals surface area contributed by atoms with E-state index < -0.39 is 12.1 Å². The Morgan fingerprint density at radius 3 is 2.41 bits per heavy atom. The molecule has 8 heteroatoms. The summed E-state index contributed by atoms with van der Waals surface area (Å²) in [4.78, 5) is 41.1. The standard InChI is InChI=1S/C26H40N4O4/c1-18(31)22(27-25(33)34-16-20-9-7-6-8-10-20)13-14-29-17-30(19(2)32)24-15-21(11-12-23(24)29)28-26(3,4)5/h6-10,21-24,28H,11-17H2,1-5H3,(H,27,33)/t21-,22+,23?,24-/m1/s1. The van der Waals surface area contributed by atoms with Crippen LogP contribution in [0, 0.1) is 0 Å². The highest BCUT2D eigenvalue weighted by atomic mass is 16.5. The summed E-state index contributed by atoms with van der Waals surface area (Å²) in [7, 11) is 0. The average molecular weight is 473 g/mol. The van der Waals surface area contributed by atoms with E-state index >= 15 is 0 Å². The Bertz CT molecular complexity index is 854. The number of hydrogen-bond acceptors (Lipinski definition) is 6. The average Bonchev–Trinajstić information content (AvgIpc) is 3.12. The summed E-state index contributed by atoms with van der Waals surface area (Å²) < 4.78 is 5.29. The molecule has 34 heavy (non-hydrogen) atoms. The minimum Gasteiger partial charge on any atom is -0.445 e. The van der Waals surface area contributed by atoms with Crippen molar-refractivity contribution in [3.63, 3.8) is 0 Å². The quantitative estimate of drug-likeness (QED) is 0.604. The van der Waals surface area contributed by atoms with Crippen molar-refractivity contribution in [2.45, 2.75) is 96.6 Å². The topological polar surface area (TPSA) is 91.0 Å². The van der Waals surface area contributed by atoms with E-state index in [0.29, 0.717) is 25.7 Å². The third-order valence-corrected chi connectivity index (χ3v) is 6.73. The number of hydrogen-bond donors (Lipinski definition) is 2. The highest BCUT2D eigenvalue weighted by Crippen LogP contribution is 2.34. The summed E-state index contributed by atoms with van der Waals surface area (Å²) in [5.74, 6) is -0.0199. The van der Waals surface area contributed by atoms with Crippen LogP contribution in [0.15, 0.2) is 30.3 Å². The normalized spacial score (nSPS) is 23.8. The molecule has 1 aromatic rings. The Balaban J connectivity index is 1.55. The van der Waals surface area contributed by atoms with E-state index in [2.05, 4.69) is 36.3 Å². The first-order valence-corrected chi connectivity index (χ1v) is 12.3. The number of alkyl carbamates (subject to hydrolysis) is 1. The number of Topliss-reactive ketones (excluding diaryl/α,β-unsaturated/α-hetero) is 1. The zero-order valence-electron chi connectivity index (χ0n) is 21.2. The summed E-state index contributed by atoms with van der Waals surface area (Å²) in [5.41, 5.74) is 0.924. The van der Waals surface area contributed by atoms with Crippen molar-refractivity contribution < 1.29 is 19.1 Å². The van der Waals surface area contributed by atoms with Crippen molar-refractivity contribution in [2.75, 3.05) is 13.2 Å². The fourth-order valence-corrected chi connectivity index (χ4v) is 5.19. The largest absolute Gasteiger partial charge is 0.445 e. The van der Waals surface area contributed by atoms with Crippen LogP contribution in [0.1, 0.15) is 65.9 Å². The van der Waals surface area contributed by atoms with Crippen LogP contribution in [-0.4, -0.2) is 70.5 Å². The number of amides is 2. The van der Waals surface area contributed by atoms with Crippen molar-refractivity contribution in [3.05, 3.63) is 35.9 Å². The molecule has 1 saturated heterocycles. The van der Waals surface area contributed by atoms with Crippen molar-refractivity contribution in [1.29, 1.82) is 0 Å².